The zero-order valence-corrected chi connectivity index (χ0v) is 29.9. The average molecular weight is 744 g/mol. The van der Waals surface area contributed by atoms with Crippen LogP contribution in [0.15, 0.2) is 18.2 Å². The topological polar surface area (TPSA) is 245 Å². The van der Waals surface area contributed by atoms with E-state index in [4.69, 9.17) is 23.7 Å². The Morgan fingerprint density at radius 1 is 1.00 bits per heavy atom. The number of phenols is 2. The summed E-state index contributed by atoms with van der Waals surface area (Å²) in [6.07, 6.45) is -4.07. The lowest BCUT2D eigenvalue weighted by Gasteiger charge is -2.43. The van der Waals surface area contributed by atoms with Crippen LogP contribution in [0.5, 0.6) is 17.2 Å². The maximum Gasteiger partial charge on any atom is 0.305 e. The summed E-state index contributed by atoms with van der Waals surface area (Å²) >= 11 is 0. The summed E-state index contributed by atoms with van der Waals surface area (Å²) in [5.41, 5.74) is -3.82. The monoisotopic (exact) mass is 743 g/mol. The van der Waals surface area contributed by atoms with Crippen molar-refractivity contribution < 1.29 is 73.2 Å². The van der Waals surface area contributed by atoms with Crippen molar-refractivity contribution in [3.05, 3.63) is 51.6 Å². The summed E-state index contributed by atoms with van der Waals surface area (Å²) in [7, 11) is 1.32. The van der Waals surface area contributed by atoms with E-state index in [-0.39, 0.29) is 34.4 Å². The van der Waals surface area contributed by atoms with Crippen LogP contribution in [0, 0.1) is 0 Å². The van der Waals surface area contributed by atoms with Gasteiger partial charge in [0.05, 0.1) is 42.1 Å². The highest BCUT2D eigenvalue weighted by molar-refractivity contribution is 6.31. The van der Waals surface area contributed by atoms with Crippen molar-refractivity contribution >= 4 is 29.3 Å². The predicted molar refractivity (Wildman–Crippen MR) is 181 cm³/mol. The summed E-state index contributed by atoms with van der Waals surface area (Å²) < 4.78 is 27.6. The predicted octanol–water partition coefficient (Wildman–Crippen LogP) is 1.64. The van der Waals surface area contributed by atoms with Gasteiger partial charge < -0.3 is 54.5 Å². The number of carbonyl (C=O) groups excluding carboxylic acids is 5. The van der Waals surface area contributed by atoms with Crippen molar-refractivity contribution in [2.24, 2.45) is 0 Å². The van der Waals surface area contributed by atoms with Crippen molar-refractivity contribution in [2.75, 3.05) is 20.3 Å². The molecule has 2 aromatic carbocycles. The second-order valence-electron chi connectivity index (χ2n) is 13.6. The molecular formula is C37H45NO15. The van der Waals surface area contributed by atoms with E-state index < -0.39 is 114 Å². The van der Waals surface area contributed by atoms with Gasteiger partial charge in [0.2, 0.25) is 12.1 Å². The van der Waals surface area contributed by atoms with E-state index in [0.29, 0.717) is 32.2 Å². The van der Waals surface area contributed by atoms with E-state index >= 15 is 0 Å². The number of hydrogen-bond acceptors (Lipinski definition) is 16. The summed E-state index contributed by atoms with van der Waals surface area (Å²) in [4.78, 5) is 63.1. The number of carbonyl (C=O) groups is 5. The van der Waals surface area contributed by atoms with Crippen LogP contribution in [-0.2, 0) is 39.8 Å². The number of esters is 2. The number of fused-ring (bicyclic) bond motifs is 3. The van der Waals surface area contributed by atoms with Gasteiger partial charge in [-0.2, -0.15) is 0 Å². The maximum atomic E-state index is 13.9. The Morgan fingerprint density at radius 3 is 2.32 bits per heavy atom. The number of nitrogens with one attached hydrogen (secondary N) is 1. The zero-order valence-electron chi connectivity index (χ0n) is 29.9. The quantitative estimate of drug-likeness (QED) is 0.0595. The average Bonchev–Trinajstić information content (AvgIpc) is 3.10. The fourth-order valence-electron chi connectivity index (χ4n) is 7.33. The highest BCUT2D eigenvalue weighted by Gasteiger charge is 2.50. The number of methoxy groups -OCH3 is 1. The van der Waals surface area contributed by atoms with Crippen LogP contribution in [0.1, 0.15) is 108 Å². The number of benzene rings is 2. The first kappa shape index (κ1) is 39.8. The Kier molecular flexibility index (Phi) is 12.2. The molecule has 1 heterocycles. The molecule has 3 aliphatic rings. The smallest absolute Gasteiger partial charge is 0.305 e. The van der Waals surface area contributed by atoms with Crippen molar-refractivity contribution in [2.45, 2.75) is 108 Å². The van der Waals surface area contributed by atoms with Gasteiger partial charge >= 0.3 is 11.9 Å². The summed E-state index contributed by atoms with van der Waals surface area (Å²) in [5, 5.41) is 58.7. The molecule has 0 saturated carbocycles. The molecule has 1 fully saturated rings. The molecule has 0 bridgehead atoms. The zero-order chi connectivity index (χ0) is 38.8. The minimum Gasteiger partial charge on any atom is -0.507 e. The van der Waals surface area contributed by atoms with Crippen LogP contribution >= 0.6 is 0 Å². The van der Waals surface area contributed by atoms with E-state index in [1.165, 1.54) is 39.2 Å². The van der Waals surface area contributed by atoms with Gasteiger partial charge in [0.1, 0.15) is 29.5 Å². The molecule has 0 radical (unpaired) electrons. The Hall–Kier alpha value is -4.45. The van der Waals surface area contributed by atoms with Crippen LogP contribution in [0.2, 0.25) is 0 Å². The van der Waals surface area contributed by atoms with Gasteiger partial charge in [-0.05, 0) is 32.4 Å². The number of aromatic hydroxyl groups is 2. The Bertz CT molecular complexity index is 1760. The first-order valence-corrected chi connectivity index (χ1v) is 17.4. The normalized spacial score (nSPS) is 24.9. The van der Waals surface area contributed by atoms with E-state index in [9.17, 15) is 49.5 Å². The third kappa shape index (κ3) is 8.07. The number of aliphatic hydroxyl groups is 3. The van der Waals surface area contributed by atoms with Gasteiger partial charge in [0, 0.05) is 62.3 Å². The van der Waals surface area contributed by atoms with Gasteiger partial charge in [-0.1, -0.05) is 18.6 Å². The molecule has 16 nitrogen and oxygen atoms in total. The summed E-state index contributed by atoms with van der Waals surface area (Å²) in [5.74, 6) is -5.05. The number of phenolic OH excluding ortho intramolecular Hbond substituents is 2. The van der Waals surface area contributed by atoms with Crippen molar-refractivity contribution in [3.8, 4) is 17.2 Å². The van der Waals surface area contributed by atoms with Crippen LogP contribution in [-0.4, -0.2) is 112 Å². The molecule has 6 atom stereocenters. The molecule has 5 rings (SSSR count). The highest BCUT2D eigenvalue weighted by atomic mass is 16.7. The molecule has 2 aliphatic carbocycles. The molecule has 0 spiro atoms. The number of rotatable bonds is 14. The van der Waals surface area contributed by atoms with Crippen LogP contribution in [0.3, 0.4) is 0 Å². The van der Waals surface area contributed by atoms with Crippen LogP contribution in [0.25, 0.3) is 0 Å². The van der Waals surface area contributed by atoms with Gasteiger partial charge in [-0.3, -0.25) is 24.0 Å². The number of ether oxygens (including phenoxy) is 5. The first-order chi connectivity index (χ1) is 25.1. The minimum absolute atomic E-state index is 0.0599. The Morgan fingerprint density at radius 2 is 1.68 bits per heavy atom. The van der Waals surface area contributed by atoms with Crippen molar-refractivity contribution in [1.82, 2.24) is 5.32 Å². The van der Waals surface area contributed by atoms with E-state index in [1.807, 2.05) is 0 Å². The Balaban J connectivity index is 1.37. The van der Waals surface area contributed by atoms with E-state index in [2.05, 4.69) is 5.32 Å². The number of ketones is 3. The van der Waals surface area contributed by atoms with Gasteiger partial charge in [-0.25, -0.2) is 0 Å². The van der Waals surface area contributed by atoms with E-state index in [1.54, 1.807) is 6.92 Å². The lowest BCUT2D eigenvalue weighted by atomic mass is 9.72. The number of aliphatic hydroxyl groups excluding tert-OH is 2. The summed E-state index contributed by atoms with van der Waals surface area (Å²) in [6, 6.07) is 3.78. The Labute approximate surface area is 304 Å². The standard InChI is InChI=1S/C37H45NO15/c1-17-32(43)22(38-12-7-5-6-11-26(51-18(2)40)52-19(3)41)13-27(50-17)53-24-15-37(48,25(42)16-39)14-21-29(24)36(47)31-30(34(21)45)33(44)20-9-8-10-23(49-4)28(20)35(31)46/h8-10,17,22,24,26-27,32,38-39,43,45,47-48H,5-7,11-16H2,1-4H3/t17-,22-,24-,27-,32+,37-/m0/s1. The fraction of sp³-hybridized carbons (Fsp3) is 0.541. The third-order valence-electron chi connectivity index (χ3n) is 9.88. The second kappa shape index (κ2) is 16.3. The number of unbranched alkanes of at least 4 members (excludes halogenated alkanes) is 2. The molecule has 0 aromatic heterocycles. The lowest BCUT2D eigenvalue weighted by molar-refractivity contribution is -0.249. The molecule has 2 aromatic rings. The largest absolute Gasteiger partial charge is 0.507 e. The van der Waals surface area contributed by atoms with Crippen LogP contribution in [0.4, 0.5) is 0 Å². The number of Topliss-reactive ketones (excluding diaryl/α,β-unsaturated/α-hetero) is 1. The molecule has 0 amide bonds. The summed E-state index contributed by atoms with van der Waals surface area (Å²) in [6.45, 7) is 3.46. The SMILES string of the molecule is COc1cccc2c1C(=O)c1c(O)c3c(c(O)c1C2=O)C[C@@](O)(C(=O)CO)C[C@@H]3O[C@H]1C[C@H](NCCCCCC(OC(C)=O)OC(C)=O)[C@H](O)[C@H](C)O1. The molecule has 53 heavy (non-hydrogen) atoms. The fourth-order valence-corrected chi connectivity index (χ4v) is 7.33. The third-order valence-corrected chi connectivity index (χ3v) is 9.88. The second-order valence-corrected chi connectivity index (χ2v) is 13.6. The van der Waals surface area contributed by atoms with Gasteiger partial charge in [0.15, 0.2) is 17.9 Å². The molecule has 1 aliphatic heterocycles. The minimum atomic E-state index is -2.30. The molecule has 1 saturated heterocycles. The molecular weight excluding hydrogens is 698 g/mol. The van der Waals surface area contributed by atoms with Crippen LogP contribution < -0.4 is 10.1 Å². The van der Waals surface area contributed by atoms with E-state index in [0.717, 1.165) is 0 Å². The molecule has 16 heteroatoms. The molecule has 6 N–H and O–H groups in total. The molecule has 288 valence electrons. The van der Waals surface area contributed by atoms with Crippen molar-refractivity contribution in [3.63, 3.8) is 0 Å². The molecule has 0 unspecified atom stereocenters. The lowest BCUT2D eigenvalue weighted by Crippen LogP contribution is -2.54. The first-order valence-electron chi connectivity index (χ1n) is 17.4. The maximum absolute atomic E-state index is 13.9. The van der Waals surface area contributed by atoms with Crippen molar-refractivity contribution in [1.29, 1.82) is 0 Å². The number of hydrogen-bond donors (Lipinski definition) is 6. The van der Waals surface area contributed by atoms with Gasteiger partial charge in [-0.15, -0.1) is 0 Å². The highest BCUT2D eigenvalue weighted by Crippen LogP contribution is 2.52. The van der Waals surface area contributed by atoms with Gasteiger partial charge in [0.25, 0.3) is 0 Å².